The van der Waals surface area contributed by atoms with Crippen LogP contribution in [0.4, 0.5) is 5.69 Å². The van der Waals surface area contributed by atoms with Crippen molar-refractivity contribution in [1.29, 1.82) is 0 Å². The monoisotopic (exact) mass is 341 g/mol. The molecule has 0 bridgehead atoms. The molecule has 134 valence electrons. The van der Waals surface area contributed by atoms with Crippen LogP contribution in [0.1, 0.15) is 37.2 Å². The molecule has 2 atom stereocenters. The van der Waals surface area contributed by atoms with Gasteiger partial charge >= 0.3 is 0 Å². The molecule has 2 fully saturated rings. The molecule has 1 aromatic carbocycles. The molecule has 0 aromatic heterocycles. The first-order valence-electron chi connectivity index (χ1n) is 9.35. The van der Waals surface area contributed by atoms with Gasteiger partial charge in [0.05, 0.1) is 5.92 Å². The summed E-state index contributed by atoms with van der Waals surface area (Å²) in [6.07, 6.45) is 4.67. The van der Waals surface area contributed by atoms with E-state index in [0.717, 1.165) is 42.8 Å². The van der Waals surface area contributed by atoms with Gasteiger partial charge in [-0.05, 0) is 37.3 Å². The number of benzene rings is 1. The highest BCUT2D eigenvalue weighted by Crippen LogP contribution is 2.34. The number of nitrogens with zero attached hydrogens (tertiary/aromatic N) is 2. The summed E-state index contributed by atoms with van der Waals surface area (Å²) in [5.41, 5.74) is 2.05. The van der Waals surface area contributed by atoms with Gasteiger partial charge < -0.3 is 16.0 Å². The molecule has 0 spiro atoms. The number of anilines is 1. The number of carbonyl (C=O) groups is 1. The lowest BCUT2D eigenvalue weighted by Crippen LogP contribution is -2.45. The van der Waals surface area contributed by atoms with E-state index in [1.807, 2.05) is 24.3 Å². The molecule has 2 aliphatic heterocycles. The van der Waals surface area contributed by atoms with E-state index in [1.165, 1.54) is 25.8 Å². The fourth-order valence-electron chi connectivity index (χ4n) is 3.96. The second kappa shape index (κ2) is 7.04. The van der Waals surface area contributed by atoms with Crippen molar-refractivity contribution in [3.63, 3.8) is 0 Å². The summed E-state index contributed by atoms with van der Waals surface area (Å²) >= 11 is 0. The Balaban J connectivity index is 1.25. The molecule has 0 radical (unpaired) electrons. The number of hydrogen-bond donors (Lipinski definition) is 3. The van der Waals surface area contributed by atoms with Gasteiger partial charge in [-0.3, -0.25) is 14.7 Å². The van der Waals surface area contributed by atoms with Crippen LogP contribution in [0.3, 0.4) is 0 Å². The number of amides is 1. The van der Waals surface area contributed by atoms with Gasteiger partial charge in [0.15, 0.2) is 5.96 Å². The highest BCUT2D eigenvalue weighted by atomic mass is 16.2. The number of nitrogens with one attached hydrogen (secondary N) is 3. The average molecular weight is 341 g/mol. The first kappa shape index (κ1) is 16.4. The minimum absolute atomic E-state index is 0.0707. The van der Waals surface area contributed by atoms with Gasteiger partial charge in [0.25, 0.3) is 0 Å². The smallest absolute Gasteiger partial charge is 0.232 e. The number of hydrogen-bond acceptors (Lipinski definition) is 3. The van der Waals surface area contributed by atoms with E-state index in [2.05, 4.69) is 25.8 Å². The van der Waals surface area contributed by atoms with Crippen LogP contribution < -0.4 is 16.0 Å². The highest BCUT2D eigenvalue weighted by molar-refractivity contribution is 6.02. The largest absolute Gasteiger partial charge is 0.356 e. The quantitative estimate of drug-likeness (QED) is 0.561. The third kappa shape index (κ3) is 3.63. The minimum Gasteiger partial charge on any atom is -0.356 e. The van der Waals surface area contributed by atoms with Gasteiger partial charge in [-0.15, -0.1) is 0 Å². The Kier molecular flexibility index (Phi) is 4.61. The molecule has 1 saturated carbocycles. The molecule has 1 saturated heterocycles. The van der Waals surface area contributed by atoms with Gasteiger partial charge in [0.1, 0.15) is 0 Å². The zero-order valence-corrected chi connectivity index (χ0v) is 14.8. The van der Waals surface area contributed by atoms with Crippen molar-refractivity contribution >= 4 is 17.6 Å². The Morgan fingerprint density at radius 1 is 1.32 bits per heavy atom. The molecule has 6 heteroatoms. The summed E-state index contributed by atoms with van der Waals surface area (Å²) in [4.78, 5) is 19.1. The number of likely N-dealkylation sites (tertiary alicyclic amines) is 1. The summed E-state index contributed by atoms with van der Waals surface area (Å²) in [7, 11) is 1.81. The predicted molar refractivity (Wildman–Crippen MR) is 99.9 cm³/mol. The first-order chi connectivity index (χ1) is 12.2. The molecule has 25 heavy (non-hydrogen) atoms. The van der Waals surface area contributed by atoms with E-state index >= 15 is 0 Å². The van der Waals surface area contributed by atoms with Crippen molar-refractivity contribution in [2.45, 2.75) is 43.7 Å². The molecule has 2 unspecified atom stereocenters. The molecular formula is C19H27N5O. The Labute approximate surface area is 149 Å². The van der Waals surface area contributed by atoms with E-state index in [4.69, 9.17) is 0 Å². The number of guanidine groups is 1. The van der Waals surface area contributed by atoms with Crippen LogP contribution in [0.5, 0.6) is 0 Å². The van der Waals surface area contributed by atoms with Crippen molar-refractivity contribution in [1.82, 2.24) is 15.5 Å². The Bertz CT molecular complexity index is 670. The molecule has 1 aliphatic carbocycles. The molecule has 1 aromatic rings. The van der Waals surface area contributed by atoms with Gasteiger partial charge in [-0.25, -0.2) is 0 Å². The third-order valence-electron chi connectivity index (χ3n) is 5.48. The number of rotatable bonds is 5. The Morgan fingerprint density at radius 2 is 2.16 bits per heavy atom. The topological polar surface area (TPSA) is 68.8 Å². The molecular weight excluding hydrogens is 314 g/mol. The lowest BCUT2D eigenvalue weighted by Gasteiger charge is -2.19. The van der Waals surface area contributed by atoms with Crippen LogP contribution in [0.15, 0.2) is 29.3 Å². The first-order valence-corrected chi connectivity index (χ1v) is 9.35. The molecule has 3 aliphatic rings. The van der Waals surface area contributed by atoms with E-state index in [9.17, 15) is 4.79 Å². The van der Waals surface area contributed by atoms with Gasteiger partial charge in [-0.2, -0.15) is 0 Å². The summed E-state index contributed by atoms with van der Waals surface area (Å²) in [5.74, 6) is 0.870. The fourth-order valence-corrected chi connectivity index (χ4v) is 3.96. The van der Waals surface area contributed by atoms with Crippen LogP contribution in [-0.4, -0.2) is 55.5 Å². The second-order valence-electron chi connectivity index (χ2n) is 7.27. The number of para-hydroxylation sites is 1. The number of carbonyl (C=O) groups excluding carboxylic acids is 1. The molecule has 2 heterocycles. The van der Waals surface area contributed by atoms with E-state index < -0.39 is 0 Å². The second-order valence-corrected chi connectivity index (χ2v) is 7.27. The van der Waals surface area contributed by atoms with Crippen molar-refractivity contribution in [2.24, 2.45) is 4.99 Å². The van der Waals surface area contributed by atoms with Crippen molar-refractivity contribution < 1.29 is 4.79 Å². The third-order valence-corrected chi connectivity index (χ3v) is 5.48. The van der Waals surface area contributed by atoms with E-state index in [0.29, 0.717) is 6.04 Å². The Hall–Kier alpha value is -2.08. The molecule has 6 nitrogen and oxygen atoms in total. The van der Waals surface area contributed by atoms with Gasteiger partial charge in [0, 0.05) is 44.5 Å². The highest BCUT2D eigenvalue weighted by Gasteiger charge is 2.34. The maximum absolute atomic E-state index is 12.2. The lowest BCUT2D eigenvalue weighted by atomic mass is 9.97. The minimum atomic E-state index is -0.0707. The van der Waals surface area contributed by atoms with Crippen LogP contribution in [0, 0.1) is 0 Å². The fraction of sp³-hybridized carbons (Fsp3) is 0.579. The van der Waals surface area contributed by atoms with Crippen LogP contribution >= 0.6 is 0 Å². The molecule has 1 amide bonds. The summed E-state index contributed by atoms with van der Waals surface area (Å²) in [6, 6.07) is 9.26. The lowest BCUT2D eigenvalue weighted by molar-refractivity contribution is -0.117. The number of aliphatic imine (C=N–C) groups is 1. The number of fused-ring (bicyclic) bond motifs is 1. The van der Waals surface area contributed by atoms with Crippen LogP contribution in [0.2, 0.25) is 0 Å². The Morgan fingerprint density at radius 3 is 2.96 bits per heavy atom. The zero-order chi connectivity index (χ0) is 17.2. The van der Waals surface area contributed by atoms with E-state index in [1.54, 1.807) is 7.05 Å². The SMILES string of the molecule is CN=C(NCCC1C(=O)Nc2ccccc21)NC1CCN(C2CC2)C1. The standard InChI is InChI=1S/C19H27N5O/c1-20-19(22-13-9-11-24(12-13)14-6-7-14)21-10-8-16-15-4-2-3-5-17(15)23-18(16)25/h2-5,13-14,16H,6-12H2,1H3,(H,23,25)(H2,20,21,22). The molecule has 4 rings (SSSR count). The van der Waals surface area contributed by atoms with Crippen molar-refractivity contribution in [3.05, 3.63) is 29.8 Å². The van der Waals surface area contributed by atoms with Crippen molar-refractivity contribution in [3.8, 4) is 0 Å². The summed E-state index contributed by atoms with van der Waals surface area (Å²) in [5, 5.41) is 9.87. The van der Waals surface area contributed by atoms with Crippen molar-refractivity contribution in [2.75, 3.05) is 32.0 Å². The summed E-state index contributed by atoms with van der Waals surface area (Å²) in [6.45, 7) is 3.04. The molecule has 3 N–H and O–H groups in total. The maximum Gasteiger partial charge on any atom is 0.232 e. The van der Waals surface area contributed by atoms with Gasteiger partial charge in [0.2, 0.25) is 5.91 Å². The zero-order valence-electron chi connectivity index (χ0n) is 14.8. The summed E-state index contributed by atoms with van der Waals surface area (Å²) < 4.78 is 0. The van der Waals surface area contributed by atoms with Gasteiger partial charge in [-0.1, -0.05) is 18.2 Å². The maximum atomic E-state index is 12.2. The predicted octanol–water partition coefficient (Wildman–Crippen LogP) is 1.51. The van der Waals surface area contributed by atoms with Crippen LogP contribution in [-0.2, 0) is 4.79 Å². The van der Waals surface area contributed by atoms with E-state index in [-0.39, 0.29) is 11.8 Å². The normalized spacial score (nSPS) is 26.4. The van der Waals surface area contributed by atoms with Crippen LogP contribution in [0.25, 0.3) is 0 Å². The average Bonchev–Trinajstić information content (AvgIpc) is 3.29.